The number of aliphatic hydroxyl groups is 1. The van der Waals surface area contributed by atoms with E-state index >= 15 is 0 Å². The molecular weight excluding hydrogens is 181 g/mol. The number of halogens is 1. The summed E-state index contributed by atoms with van der Waals surface area (Å²) in [7, 11) is 0. The zero-order valence-corrected chi connectivity index (χ0v) is 8.50. The van der Waals surface area contributed by atoms with Gasteiger partial charge in [-0.25, -0.2) is 4.39 Å². The van der Waals surface area contributed by atoms with Gasteiger partial charge in [-0.15, -0.1) is 0 Å². The molecule has 0 aliphatic rings. The quantitative estimate of drug-likeness (QED) is 0.775. The van der Waals surface area contributed by atoms with Gasteiger partial charge < -0.3 is 10.8 Å². The Morgan fingerprint density at radius 2 is 2.14 bits per heavy atom. The molecule has 0 fully saturated rings. The van der Waals surface area contributed by atoms with E-state index in [0.717, 1.165) is 5.56 Å². The Kier molecular flexibility index (Phi) is 3.61. The molecule has 0 spiro atoms. The molecule has 0 bridgehead atoms. The third-order valence-corrected chi connectivity index (χ3v) is 2.43. The predicted molar refractivity (Wildman–Crippen MR) is 54.3 cm³/mol. The van der Waals surface area contributed by atoms with Crippen LogP contribution in [-0.2, 0) is 0 Å². The molecule has 0 radical (unpaired) electrons. The fourth-order valence-corrected chi connectivity index (χ4v) is 1.31. The summed E-state index contributed by atoms with van der Waals surface area (Å²) < 4.78 is 12.9. The smallest absolute Gasteiger partial charge is 0.126 e. The minimum atomic E-state index is -0.612. The molecule has 1 aromatic carbocycles. The van der Waals surface area contributed by atoms with E-state index in [4.69, 9.17) is 5.73 Å². The van der Waals surface area contributed by atoms with Gasteiger partial charge in [0.15, 0.2) is 0 Å². The molecule has 0 amide bonds. The van der Waals surface area contributed by atoms with Crippen LogP contribution in [0.15, 0.2) is 18.2 Å². The number of hydrogen-bond acceptors (Lipinski definition) is 2. The molecule has 0 heterocycles. The molecule has 0 aliphatic heterocycles. The summed E-state index contributed by atoms with van der Waals surface area (Å²) >= 11 is 0. The van der Waals surface area contributed by atoms with Gasteiger partial charge in [0.2, 0.25) is 0 Å². The van der Waals surface area contributed by atoms with Crippen LogP contribution in [0.4, 0.5) is 4.39 Å². The minimum Gasteiger partial charge on any atom is -0.388 e. The number of hydrogen-bond donors (Lipinski definition) is 2. The van der Waals surface area contributed by atoms with Crippen molar-refractivity contribution in [2.75, 3.05) is 6.54 Å². The third kappa shape index (κ3) is 2.30. The van der Waals surface area contributed by atoms with E-state index in [0.29, 0.717) is 12.1 Å². The van der Waals surface area contributed by atoms with Gasteiger partial charge in [0.25, 0.3) is 0 Å². The third-order valence-electron chi connectivity index (χ3n) is 2.43. The number of benzene rings is 1. The first-order valence-corrected chi connectivity index (χ1v) is 4.70. The first-order chi connectivity index (χ1) is 6.56. The standard InChI is InChI=1S/C11H16FNO/c1-7-5-9(3-4-10(7)12)11(14)8(2)6-13/h3-5,8,11,14H,6,13H2,1-2H3. The van der Waals surface area contributed by atoms with E-state index in [1.54, 1.807) is 19.1 Å². The lowest BCUT2D eigenvalue weighted by Crippen LogP contribution is -2.18. The molecule has 3 heteroatoms. The SMILES string of the molecule is Cc1cc(C(O)C(C)CN)ccc1F. The Morgan fingerprint density at radius 3 is 2.64 bits per heavy atom. The van der Waals surface area contributed by atoms with Crippen LogP contribution in [0.25, 0.3) is 0 Å². The number of nitrogens with two attached hydrogens (primary N) is 1. The van der Waals surface area contributed by atoms with Crippen LogP contribution in [0.1, 0.15) is 24.2 Å². The molecule has 0 saturated heterocycles. The van der Waals surface area contributed by atoms with Gasteiger partial charge in [-0.2, -0.15) is 0 Å². The van der Waals surface area contributed by atoms with Crippen molar-refractivity contribution in [3.8, 4) is 0 Å². The topological polar surface area (TPSA) is 46.2 Å². The van der Waals surface area contributed by atoms with Crippen molar-refractivity contribution in [1.82, 2.24) is 0 Å². The monoisotopic (exact) mass is 197 g/mol. The number of aryl methyl sites for hydroxylation is 1. The lowest BCUT2D eigenvalue weighted by molar-refractivity contribution is 0.121. The molecule has 1 aromatic rings. The van der Waals surface area contributed by atoms with E-state index in [1.165, 1.54) is 6.07 Å². The molecule has 2 nitrogen and oxygen atoms in total. The molecule has 14 heavy (non-hydrogen) atoms. The fourth-order valence-electron chi connectivity index (χ4n) is 1.31. The zero-order valence-electron chi connectivity index (χ0n) is 8.50. The molecule has 1 rings (SSSR count). The van der Waals surface area contributed by atoms with E-state index in [-0.39, 0.29) is 11.7 Å². The first kappa shape index (κ1) is 11.1. The molecule has 2 atom stereocenters. The lowest BCUT2D eigenvalue weighted by Gasteiger charge is -2.17. The average molecular weight is 197 g/mol. The van der Waals surface area contributed by atoms with E-state index in [9.17, 15) is 9.50 Å². The van der Waals surface area contributed by atoms with Crippen LogP contribution >= 0.6 is 0 Å². The molecule has 2 unspecified atom stereocenters. The molecule has 78 valence electrons. The summed E-state index contributed by atoms with van der Waals surface area (Å²) in [4.78, 5) is 0. The van der Waals surface area contributed by atoms with Gasteiger partial charge in [-0.3, -0.25) is 0 Å². The number of aliphatic hydroxyl groups excluding tert-OH is 1. The van der Waals surface area contributed by atoms with Crippen molar-refractivity contribution in [2.24, 2.45) is 11.7 Å². The highest BCUT2D eigenvalue weighted by Gasteiger charge is 2.15. The predicted octanol–water partition coefficient (Wildman–Crippen LogP) is 1.76. The zero-order chi connectivity index (χ0) is 10.7. The summed E-state index contributed by atoms with van der Waals surface area (Å²) in [6, 6.07) is 4.63. The van der Waals surface area contributed by atoms with Gasteiger partial charge >= 0.3 is 0 Å². The highest BCUT2D eigenvalue weighted by Crippen LogP contribution is 2.22. The van der Waals surface area contributed by atoms with Crippen molar-refractivity contribution in [3.63, 3.8) is 0 Å². The van der Waals surface area contributed by atoms with Crippen molar-refractivity contribution in [2.45, 2.75) is 20.0 Å². The Hall–Kier alpha value is -0.930. The van der Waals surface area contributed by atoms with E-state index in [2.05, 4.69) is 0 Å². The Balaban J connectivity index is 2.91. The minimum absolute atomic E-state index is 0.0140. The van der Waals surface area contributed by atoms with Crippen LogP contribution in [0.3, 0.4) is 0 Å². The summed E-state index contributed by atoms with van der Waals surface area (Å²) in [5.74, 6) is -0.263. The van der Waals surface area contributed by atoms with Crippen LogP contribution in [0, 0.1) is 18.7 Å². The number of rotatable bonds is 3. The van der Waals surface area contributed by atoms with Crippen LogP contribution in [-0.4, -0.2) is 11.7 Å². The van der Waals surface area contributed by atoms with Crippen LogP contribution in [0.2, 0.25) is 0 Å². The summed E-state index contributed by atoms with van der Waals surface area (Å²) in [5, 5.41) is 9.80. The normalized spacial score (nSPS) is 15.2. The van der Waals surface area contributed by atoms with E-state index in [1.807, 2.05) is 6.92 Å². The van der Waals surface area contributed by atoms with Gasteiger partial charge in [0.1, 0.15) is 5.82 Å². The molecule has 0 aliphatic carbocycles. The van der Waals surface area contributed by atoms with Crippen LogP contribution < -0.4 is 5.73 Å². The Bertz CT molecular complexity index is 314. The van der Waals surface area contributed by atoms with E-state index < -0.39 is 6.10 Å². The van der Waals surface area contributed by atoms with Crippen molar-refractivity contribution < 1.29 is 9.50 Å². The van der Waals surface area contributed by atoms with Gasteiger partial charge in [0.05, 0.1) is 6.10 Å². The summed E-state index contributed by atoms with van der Waals surface area (Å²) in [6.45, 7) is 3.96. The fraction of sp³-hybridized carbons (Fsp3) is 0.455. The Morgan fingerprint density at radius 1 is 1.50 bits per heavy atom. The average Bonchev–Trinajstić information content (AvgIpc) is 2.20. The molecule has 0 saturated carbocycles. The van der Waals surface area contributed by atoms with Crippen molar-refractivity contribution >= 4 is 0 Å². The highest BCUT2D eigenvalue weighted by molar-refractivity contribution is 5.25. The molecular formula is C11H16FNO. The first-order valence-electron chi connectivity index (χ1n) is 4.70. The maximum atomic E-state index is 12.9. The summed E-state index contributed by atoms with van der Waals surface area (Å²) in [5.41, 5.74) is 6.72. The second kappa shape index (κ2) is 4.53. The van der Waals surface area contributed by atoms with Crippen LogP contribution in [0.5, 0.6) is 0 Å². The largest absolute Gasteiger partial charge is 0.388 e. The van der Waals surface area contributed by atoms with Gasteiger partial charge in [-0.05, 0) is 36.6 Å². The van der Waals surface area contributed by atoms with Gasteiger partial charge in [-0.1, -0.05) is 19.1 Å². The Labute approximate surface area is 83.6 Å². The van der Waals surface area contributed by atoms with Crippen molar-refractivity contribution in [3.05, 3.63) is 35.1 Å². The molecule has 0 aromatic heterocycles. The van der Waals surface area contributed by atoms with Gasteiger partial charge in [0, 0.05) is 0 Å². The summed E-state index contributed by atoms with van der Waals surface area (Å²) in [6.07, 6.45) is -0.612. The second-order valence-corrected chi connectivity index (χ2v) is 3.67. The molecule has 3 N–H and O–H groups in total. The lowest BCUT2D eigenvalue weighted by atomic mass is 9.96. The highest BCUT2D eigenvalue weighted by atomic mass is 19.1. The van der Waals surface area contributed by atoms with Crippen molar-refractivity contribution in [1.29, 1.82) is 0 Å². The second-order valence-electron chi connectivity index (χ2n) is 3.67. The maximum absolute atomic E-state index is 12.9. The maximum Gasteiger partial charge on any atom is 0.126 e.